The molecule has 2 heterocycles. The average Bonchev–Trinajstić information content (AvgIpc) is 3.22. The molecule has 0 aliphatic carbocycles. The molecule has 0 atom stereocenters. The predicted molar refractivity (Wildman–Crippen MR) is 133 cm³/mol. The van der Waals surface area contributed by atoms with Gasteiger partial charge in [0.15, 0.2) is 0 Å². The van der Waals surface area contributed by atoms with Crippen LogP contribution in [0.25, 0.3) is 10.9 Å². The first kappa shape index (κ1) is 24.5. The minimum absolute atomic E-state index is 0.185. The van der Waals surface area contributed by atoms with Gasteiger partial charge in [-0.2, -0.15) is 0 Å². The Labute approximate surface area is 207 Å². The number of aryl methyl sites for hydroxylation is 1. The van der Waals surface area contributed by atoms with E-state index in [9.17, 15) is 14.0 Å². The number of aromatic amines is 1. The summed E-state index contributed by atoms with van der Waals surface area (Å²) in [5.41, 5.74) is 1.74. The number of fused-ring (bicyclic) bond motifs is 1. The van der Waals surface area contributed by atoms with Gasteiger partial charge in [0.05, 0.1) is 10.0 Å². The van der Waals surface area contributed by atoms with Crippen LogP contribution in [0.15, 0.2) is 42.6 Å². The van der Waals surface area contributed by atoms with E-state index in [1.54, 1.807) is 18.2 Å². The predicted octanol–water partition coefficient (Wildman–Crippen LogP) is 4.14. The Morgan fingerprint density at radius 2 is 1.82 bits per heavy atom. The van der Waals surface area contributed by atoms with E-state index in [2.05, 4.69) is 20.9 Å². The molecule has 2 aromatic carbocycles. The van der Waals surface area contributed by atoms with E-state index >= 15 is 0 Å². The zero-order valence-electron chi connectivity index (χ0n) is 18.6. The molecule has 4 rings (SSSR count). The summed E-state index contributed by atoms with van der Waals surface area (Å²) in [6.07, 6.45) is 4.14. The number of rotatable bonds is 8. The molecule has 1 aromatic heterocycles. The van der Waals surface area contributed by atoms with Crippen molar-refractivity contribution in [3.63, 3.8) is 0 Å². The van der Waals surface area contributed by atoms with Crippen LogP contribution in [0, 0.1) is 5.82 Å². The maximum Gasteiger partial charge on any atom is 0.245 e. The van der Waals surface area contributed by atoms with Gasteiger partial charge in [-0.05, 0) is 80.2 Å². The quantitative estimate of drug-likeness (QED) is 0.371. The number of hydrogen-bond donors (Lipinski definition) is 4. The third kappa shape index (κ3) is 5.71. The first-order valence-electron chi connectivity index (χ1n) is 11.4. The van der Waals surface area contributed by atoms with Crippen LogP contribution >= 0.6 is 23.2 Å². The number of benzene rings is 2. The Bertz CT molecular complexity index is 1190. The summed E-state index contributed by atoms with van der Waals surface area (Å²) >= 11 is 12.0. The van der Waals surface area contributed by atoms with Gasteiger partial charge in [0.1, 0.15) is 11.4 Å². The number of carbonyl (C=O) groups excluding carboxylic acids is 2. The van der Waals surface area contributed by atoms with Gasteiger partial charge >= 0.3 is 0 Å². The lowest BCUT2D eigenvalue weighted by molar-refractivity contribution is -0.134. The van der Waals surface area contributed by atoms with Crippen molar-refractivity contribution in [1.82, 2.24) is 20.9 Å². The molecule has 1 aliphatic rings. The van der Waals surface area contributed by atoms with E-state index in [-0.39, 0.29) is 24.1 Å². The number of piperidine rings is 1. The van der Waals surface area contributed by atoms with Crippen molar-refractivity contribution in [1.29, 1.82) is 0 Å². The minimum Gasteiger partial charge on any atom is -0.361 e. The molecule has 180 valence electrons. The van der Waals surface area contributed by atoms with Crippen molar-refractivity contribution >= 4 is 45.9 Å². The summed E-state index contributed by atoms with van der Waals surface area (Å²) in [5, 5.41) is 11.0. The topological polar surface area (TPSA) is 86.0 Å². The number of hydrogen-bond acceptors (Lipinski definition) is 3. The Kier molecular flexibility index (Phi) is 7.76. The molecule has 2 amide bonds. The average molecular weight is 505 g/mol. The molecule has 0 saturated carbocycles. The highest BCUT2D eigenvalue weighted by atomic mass is 35.5. The first-order chi connectivity index (χ1) is 16.4. The first-order valence-corrected chi connectivity index (χ1v) is 12.1. The Morgan fingerprint density at radius 3 is 2.59 bits per heavy atom. The second-order valence-electron chi connectivity index (χ2n) is 8.64. The fraction of sp³-hybridized carbons (Fsp3) is 0.360. The molecule has 6 nitrogen and oxygen atoms in total. The van der Waals surface area contributed by atoms with E-state index in [1.807, 2.05) is 12.3 Å². The van der Waals surface area contributed by atoms with E-state index in [0.717, 1.165) is 22.0 Å². The number of halogens is 3. The third-order valence-corrected chi connectivity index (χ3v) is 7.04. The number of carbonyl (C=O) groups is 2. The second kappa shape index (κ2) is 10.8. The van der Waals surface area contributed by atoms with Crippen molar-refractivity contribution in [3.05, 3.63) is 69.6 Å². The molecule has 3 aromatic rings. The molecule has 9 heteroatoms. The van der Waals surface area contributed by atoms with E-state index < -0.39 is 5.54 Å². The van der Waals surface area contributed by atoms with Crippen LogP contribution in [-0.2, 0) is 22.4 Å². The van der Waals surface area contributed by atoms with E-state index in [4.69, 9.17) is 23.2 Å². The maximum atomic E-state index is 13.6. The van der Waals surface area contributed by atoms with Gasteiger partial charge in [0, 0.05) is 30.1 Å². The summed E-state index contributed by atoms with van der Waals surface area (Å²) in [7, 11) is 0. The lowest BCUT2D eigenvalue weighted by Gasteiger charge is -2.37. The van der Waals surface area contributed by atoms with Crippen molar-refractivity contribution in [2.75, 3.05) is 19.6 Å². The van der Waals surface area contributed by atoms with Crippen LogP contribution in [0.4, 0.5) is 4.39 Å². The van der Waals surface area contributed by atoms with Crippen molar-refractivity contribution in [2.24, 2.45) is 0 Å². The molecular formula is C25H27Cl2FN4O2. The summed E-state index contributed by atoms with van der Waals surface area (Å²) in [6, 6.07) is 9.90. The summed E-state index contributed by atoms with van der Waals surface area (Å²) in [4.78, 5) is 29.1. The minimum atomic E-state index is -0.952. The zero-order valence-corrected chi connectivity index (χ0v) is 20.2. The lowest BCUT2D eigenvalue weighted by Crippen LogP contribution is -2.63. The van der Waals surface area contributed by atoms with Gasteiger partial charge in [0.2, 0.25) is 11.8 Å². The molecular weight excluding hydrogens is 478 g/mol. The Morgan fingerprint density at radius 1 is 1.03 bits per heavy atom. The van der Waals surface area contributed by atoms with Crippen LogP contribution in [0.1, 0.15) is 30.4 Å². The molecule has 0 spiro atoms. The summed E-state index contributed by atoms with van der Waals surface area (Å²) in [6.45, 7) is 1.67. The van der Waals surface area contributed by atoms with Crippen LogP contribution < -0.4 is 16.0 Å². The van der Waals surface area contributed by atoms with Gasteiger partial charge < -0.3 is 20.9 Å². The van der Waals surface area contributed by atoms with Gasteiger partial charge in [-0.1, -0.05) is 29.3 Å². The SMILES string of the molecule is O=C(CCc1ccc(Cl)c(Cl)c1)NC1(C(=O)NCCc2c[nH]c3ccc(F)cc23)CCNCC1. The number of H-pyrrole nitrogens is 1. The van der Waals surface area contributed by atoms with Gasteiger partial charge in [0.25, 0.3) is 0 Å². The van der Waals surface area contributed by atoms with Gasteiger partial charge in [-0.15, -0.1) is 0 Å². The number of amides is 2. The number of nitrogens with one attached hydrogen (secondary N) is 4. The number of aromatic nitrogens is 1. The largest absolute Gasteiger partial charge is 0.361 e. The van der Waals surface area contributed by atoms with Crippen LogP contribution in [-0.4, -0.2) is 42.0 Å². The van der Waals surface area contributed by atoms with Crippen molar-refractivity contribution in [2.45, 2.75) is 37.6 Å². The van der Waals surface area contributed by atoms with Gasteiger partial charge in [-0.25, -0.2) is 4.39 Å². The summed E-state index contributed by atoms with van der Waals surface area (Å²) < 4.78 is 13.6. The van der Waals surface area contributed by atoms with Crippen molar-refractivity contribution < 1.29 is 14.0 Å². The lowest BCUT2D eigenvalue weighted by atomic mass is 9.86. The van der Waals surface area contributed by atoms with E-state index in [1.165, 1.54) is 12.1 Å². The highest BCUT2D eigenvalue weighted by Crippen LogP contribution is 2.24. The van der Waals surface area contributed by atoms with Crippen molar-refractivity contribution in [3.8, 4) is 0 Å². The third-order valence-electron chi connectivity index (χ3n) is 6.30. The molecule has 1 aliphatic heterocycles. The van der Waals surface area contributed by atoms with Crippen LogP contribution in [0.2, 0.25) is 10.0 Å². The molecule has 4 N–H and O–H groups in total. The highest BCUT2D eigenvalue weighted by Gasteiger charge is 2.40. The zero-order chi connectivity index (χ0) is 24.1. The van der Waals surface area contributed by atoms with Crippen LogP contribution in [0.3, 0.4) is 0 Å². The highest BCUT2D eigenvalue weighted by molar-refractivity contribution is 6.42. The fourth-order valence-electron chi connectivity index (χ4n) is 4.38. The van der Waals surface area contributed by atoms with E-state index in [0.29, 0.717) is 55.4 Å². The Hall–Kier alpha value is -2.61. The molecule has 34 heavy (non-hydrogen) atoms. The van der Waals surface area contributed by atoms with Crippen LogP contribution in [0.5, 0.6) is 0 Å². The summed E-state index contributed by atoms with van der Waals surface area (Å²) in [5.74, 6) is -0.673. The molecule has 1 saturated heterocycles. The van der Waals surface area contributed by atoms with Gasteiger partial charge in [-0.3, -0.25) is 9.59 Å². The molecule has 0 bridgehead atoms. The molecule has 1 fully saturated rings. The standard InChI is InChI=1S/C25H27Cl2FN4O2/c26-20-4-1-16(13-21(20)27)2-6-23(33)32-25(8-11-29-12-9-25)24(34)30-10-7-17-15-31-22-5-3-18(28)14-19(17)22/h1,3-5,13-15,29,31H,2,6-12H2,(H,30,34)(H,32,33). The Balaban J connectivity index is 1.35. The second-order valence-corrected chi connectivity index (χ2v) is 9.45. The fourth-order valence-corrected chi connectivity index (χ4v) is 4.70. The molecule has 0 unspecified atom stereocenters. The maximum absolute atomic E-state index is 13.6. The molecule has 0 radical (unpaired) electrons. The normalized spacial score (nSPS) is 15.3. The monoisotopic (exact) mass is 504 g/mol. The smallest absolute Gasteiger partial charge is 0.245 e.